The Morgan fingerprint density at radius 3 is 2.91 bits per heavy atom. The van der Waals surface area contributed by atoms with Crippen LogP contribution in [0.25, 0.3) is 10.8 Å². The lowest BCUT2D eigenvalue weighted by Crippen LogP contribution is -2.30. The molecule has 0 unspecified atom stereocenters. The van der Waals surface area contributed by atoms with Gasteiger partial charge in [0.1, 0.15) is 6.73 Å². The topological polar surface area (TPSA) is 29.5 Å². The Morgan fingerprint density at radius 2 is 2.09 bits per heavy atom. The normalized spacial score (nSPS) is 26.2. The first-order valence-corrected chi connectivity index (χ1v) is 8.58. The van der Waals surface area contributed by atoms with Gasteiger partial charge in [0.05, 0.1) is 0 Å². The Bertz CT molecular complexity index is 741. The number of rotatable bonds is 5. The molecule has 0 spiro atoms. The molecule has 1 aliphatic heterocycles. The van der Waals surface area contributed by atoms with Crippen molar-refractivity contribution in [1.82, 2.24) is 4.90 Å². The first kappa shape index (κ1) is 14.7. The van der Waals surface area contributed by atoms with E-state index in [0.29, 0.717) is 24.5 Å². The fourth-order valence-electron chi connectivity index (χ4n) is 4.07. The second kappa shape index (κ2) is 5.64. The number of esters is 1. The molecule has 2 aromatic rings. The van der Waals surface area contributed by atoms with Crippen LogP contribution in [0.4, 0.5) is 0 Å². The van der Waals surface area contributed by atoms with E-state index in [1.807, 2.05) is 6.92 Å². The van der Waals surface area contributed by atoms with Crippen LogP contribution in [0, 0.1) is 5.92 Å². The monoisotopic (exact) mass is 309 g/mol. The van der Waals surface area contributed by atoms with Gasteiger partial charge in [-0.2, -0.15) is 0 Å². The SMILES string of the molecule is CCCC(=O)OCN1C[C@H]2C[C@@]2(c2ccc3ccccc3c2)C1. The number of likely N-dealkylation sites (tertiary alicyclic amines) is 1. The van der Waals surface area contributed by atoms with E-state index in [-0.39, 0.29) is 5.97 Å². The largest absolute Gasteiger partial charge is 0.449 e. The molecule has 0 amide bonds. The zero-order valence-corrected chi connectivity index (χ0v) is 13.6. The molecule has 2 fully saturated rings. The first-order valence-electron chi connectivity index (χ1n) is 8.58. The van der Waals surface area contributed by atoms with Crippen LogP contribution >= 0.6 is 0 Å². The van der Waals surface area contributed by atoms with E-state index >= 15 is 0 Å². The molecule has 1 heterocycles. The molecule has 0 aromatic heterocycles. The van der Waals surface area contributed by atoms with Crippen molar-refractivity contribution in [1.29, 1.82) is 0 Å². The molecule has 23 heavy (non-hydrogen) atoms. The van der Waals surface area contributed by atoms with E-state index in [1.54, 1.807) is 0 Å². The van der Waals surface area contributed by atoms with Crippen molar-refractivity contribution < 1.29 is 9.53 Å². The number of fused-ring (bicyclic) bond motifs is 2. The standard InChI is InChI=1S/C20H23NO2/c1-2-5-19(22)23-14-21-12-18-11-20(18,13-21)17-9-8-15-6-3-4-7-16(15)10-17/h3-4,6-10,18H,2,5,11-14H2,1H3/t18-,20+/m1/s1. The maximum absolute atomic E-state index is 11.5. The Labute approximate surface area is 137 Å². The number of hydrogen-bond acceptors (Lipinski definition) is 3. The minimum absolute atomic E-state index is 0.0761. The minimum Gasteiger partial charge on any atom is -0.449 e. The maximum atomic E-state index is 11.5. The number of piperidine rings is 1. The van der Waals surface area contributed by atoms with Gasteiger partial charge in [-0.15, -0.1) is 0 Å². The fourth-order valence-corrected chi connectivity index (χ4v) is 4.07. The van der Waals surface area contributed by atoms with Gasteiger partial charge < -0.3 is 4.74 Å². The molecule has 2 aliphatic rings. The Hall–Kier alpha value is -1.87. The van der Waals surface area contributed by atoms with Gasteiger partial charge in [0.25, 0.3) is 0 Å². The summed E-state index contributed by atoms with van der Waals surface area (Å²) in [6, 6.07) is 15.4. The summed E-state index contributed by atoms with van der Waals surface area (Å²) in [5.41, 5.74) is 1.74. The molecule has 2 aromatic carbocycles. The summed E-state index contributed by atoms with van der Waals surface area (Å²) in [7, 11) is 0. The molecule has 0 bridgehead atoms. The Kier molecular flexibility index (Phi) is 3.61. The van der Waals surface area contributed by atoms with Crippen molar-refractivity contribution in [3.8, 4) is 0 Å². The lowest BCUT2D eigenvalue weighted by molar-refractivity contribution is -0.148. The van der Waals surface area contributed by atoms with Gasteiger partial charge in [-0.25, -0.2) is 0 Å². The number of nitrogens with zero attached hydrogens (tertiary/aromatic N) is 1. The number of hydrogen-bond donors (Lipinski definition) is 0. The Morgan fingerprint density at radius 1 is 1.26 bits per heavy atom. The molecule has 2 atom stereocenters. The summed E-state index contributed by atoms with van der Waals surface area (Å²) in [6.07, 6.45) is 2.64. The lowest BCUT2D eigenvalue weighted by Gasteiger charge is -2.21. The van der Waals surface area contributed by atoms with Gasteiger partial charge in [-0.3, -0.25) is 9.69 Å². The number of carbonyl (C=O) groups excluding carboxylic acids is 1. The second-order valence-corrected chi connectivity index (χ2v) is 7.03. The third-order valence-corrected chi connectivity index (χ3v) is 5.40. The predicted molar refractivity (Wildman–Crippen MR) is 91.2 cm³/mol. The minimum atomic E-state index is -0.0761. The second-order valence-electron chi connectivity index (χ2n) is 7.03. The van der Waals surface area contributed by atoms with Crippen molar-refractivity contribution >= 4 is 16.7 Å². The van der Waals surface area contributed by atoms with Gasteiger partial charge in [-0.1, -0.05) is 49.4 Å². The molecular weight excluding hydrogens is 286 g/mol. The van der Waals surface area contributed by atoms with Crippen molar-refractivity contribution in [3.63, 3.8) is 0 Å². The third kappa shape index (κ3) is 2.63. The van der Waals surface area contributed by atoms with Crippen LogP contribution in [-0.2, 0) is 14.9 Å². The van der Waals surface area contributed by atoms with E-state index in [9.17, 15) is 4.79 Å². The molecule has 3 nitrogen and oxygen atoms in total. The summed E-state index contributed by atoms with van der Waals surface area (Å²) in [6.45, 7) is 4.51. The first-order chi connectivity index (χ1) is 11.2. The smallest absolute Gasteiger partial charge is 0.307 e. The molecule has 120 valence electrons. The molecule has 3 heteroatoms. The van der Waals surface area contributed by atoms with E-state index in [0.717, 1.165) is 19.5 Å². The summed E-state index contributed by atoms with van der Waals surface area (Å²) in [4.78, 5) is 13.8. The molecule has 1 aliphatic carbocycles. The highest BCUT2D eigenvalue weighted by Gasteiger charge is 2.60. The lowest BCUT2D eigenvalue weighted by atomic mass is 9.93. The van der Waals surface area contributed by atoms with Crippen LogP contribution in [0.2, 0.25) is 0 Å². The summed E-state index contributed by atoms with van der Waals surface area (Å²) in [5, 5.41) is 2.62. The number of carbonyl (C=O) groups is 1. The molecule has 0 radical (unpaired) electrons. The van der Waals surface area contributed by atoms with Crippen LogP contribution in [0.5, 0.6) is 0 Å². The summed E-state index contributed by atoms with van der Waals surface area (Å²) in [5.74, 6) is 0.640. The van der Waals surface area contributed by atoms with Gasteiger partial charge in [0.2, 0.25) is 0 Å². The highest BCUT2D eigenvalue weighted by molar-refractivity contribution is 5.83. The van der Waals surface area contributed by atoms with Crippen LogP contribution in [0.15, 0.2) is 42.5 Å². The third-order valence-electron chi connectivity index (χ3n) is 5.40. The van der Waals surface area contributed by atoms with Crippen LogP contribution in [0.3, 0.4) is 0 Å². The highest BCUT2D eigenvalue weighted by Crippen LogP contribution is 2.59. The Balaban J connectivity index is 1.46. The highest BCUT2D eigenvalue weighted by atomic mass is 16.5. The van der Waals surface area contributed by atoms with Crippen molar-refractivity contribution in [2.24, 2.45) is 5.92 Å². The molecule has 0 N–H and O–H groups in total. The van der Waals surface area contributed by atoms with Crippen LogP contribution in [-0.4, -0.2) is 30.7 Å². The molecule has 4 rings (SSSR count). The van der Waals surface area contributed by atoms with E-state index in [4.69, 9.17) is 4.74 Å². The summed E-state index contributed by atoms with van der Waals surface area (Å²) >= 11 is 0. The van der Waals surface area contributed by atoms with Gasteiger partial charge in [0.15, 0.2) is 0 Å². The molecule has 1 saturated carbocycles. The van der Waals surface area contributed by atoms with E-state index < -0.39 is 0 Å². The zero-order valence-electron chi connectivity index (χ0n) is 13.6. The van der Waals surface area contributed by atoms with Gasteiger partial charge >= 0.3 is 5.97 Å². The number of benzene rings is 2. The number of ether oxygens (including phenoxy) is 1. The van der Waals surface area contributed by atoms with Crippen LogP contribution in [0.1, 0.15) is 31.7 Å². The van der Waals surface area contributed by atoms with Crippen molar-refractivity contribution in [2.75, 3.05) is 19.8 Å². The van der Waals surface area contributed by atoms with Crippen molar-refractivity contribution in [2.45, 2.75) is 31.6 Å². The quantitative estimate of drug-likeness (QED) is 0.789. The van der Waals surface area contributed by atoms with E-state index in [2.05, 4.69) is 47.4 Å². The van der Waals surface area contributed by atoms with Crippen molar-refractivity contribution in [3.05, 3.63) is 48.0 Å². The molecular formula is C20H23NO2. The van der Waals surface area contributed by atoms with E-state index in [1.165, 1.54) is 22.8 Å². The predicted octanol–water partition coefficient (Wildman–Crippen LogP) is 3.71. The average molecular weight is 309 g/mol. The zero-order chi connectivity index (χ0) is 15.9. The van der Waals surface area contributed by atoms with Gasteiger partial charge in [-0.05, 0) is 35.1 Å². The van der Waals surface area contributed by atoms with Gasteiger partial charge in [0, 0.05) is 24.9 Å². The fraction of sp³-hybridized carbons (Fsp3) is 0.450. The maximum Gasteiger partial charge on any atom is 0.307 e. The average Bonchev–Trinajstić information content (AvgIpc) is 3.15. The van der Waals surface area contributed by atoms with Crippen LogP contribution < -0.4 is 0 Å². The summed E-state index contributed by atoms with van der Waals surface area (Å²) < 4.78 is 5.37. The molecule has 1 saturated heterocycles.